The Kier molecular flexibility index (Phi) is 5.09. The summed E-state index contributed by atoms with van der Waals surface area (Å²) in [5.41, 5.74) is -0.548. The molecule has 2 aromatic carbocycles. The quantitative estimate of drug-likeness (QED) is 0.614. The molecule has 0 bridgehead atoms. The predicted octanol–water partition coefficient (Wildman–Crippen LogP) is 3.33. The SMILES string of the molecule is Fc1ccccc1.O=[N+]([O-])c1cccc([N+](=O)[O-])c1. The third-order valence-corrected chi connectivity index (χ3v) is 1.98. The maximum absolute atomic E-state index is 11.9. The van der Waals surface area contributed by atoms with Crippen LogP contribution in [0.3, 0.4) is 0 Å². The first kappa shape index (κ1) is 14.2. The van der Waals surface area contributed by atoms with E-state index in [1.807, 2.05) is 0 Å². The van der Waals surface area contributed by atoms with Crippen LogP contribution in [-0.2, 0) is 0 Å². The van der Waals surface area contributed by atoms with Crippen molar-refractivity contribution in [2.45, 2.75) is 0 Å². The van der Waals surface area contributed by atoms with Gasteiger partial charge in [0.2, 0.25) is 0 Å². The fourth-order valence-electron chi connectivity index (χ4n) is 1.13. The van der Waals surface area contributed by atoms with Crippen molar-refractivity contribution in [3.05, 3.63) is 80.6 Å². The molecule has 0 aliphatic heterocycles. The van der Waals surface area contributed by atoms with E-state index in [1.165, 1.54) is 30.3 Å². The van der Waals surface area contributed by atoms with Crippen molar-refractivity contribution in [2.24, 2.45) is 0 Å². The molecule has 0 saturated heterocycles. The Hall–Kier alpha value is -2.83. The van der Waals surface area contributed by atoms with Crippen LogP contribution in [-0.4, -0.2) is 9.85 Å². The fraction of sp³-hybridized carbons (Fsp3) is 0. The second kappa shape index (κ2) is 6.80. The van der Waals surface area contributed by atoms with Crippen LogP contribution in [0, 0.1) is 26.0 Å². The molecule has 7 heteroatoms. The highest BCUT2D eigenvalue weighted by Gasteiger charge is 2.11. The molecule has 0 N–H and O–H groups in total. The van der Waals surface area contributed by atoms with Crippen molar-refractivity contribution >= 4 is 11.4 Å². The Morgan fingerprint density at radius 2 is 1.26 bits per heavy atom. The van der Waals surface area contributed by atoms with E-state index in [2.05, 4.69) is 0 Å². The van der Waals surface area contributed by atoms with Gasteiger partial charge in [0.05, 0.1) is 15.9 Å². The van der Waals surface area contributed by atoms with E-state index in [1.54, 1.807) is 18.2 Å². The third-order valence-electron chi connectivity index (χ3n) is 1.98. The van der Waals surface area contributed by atoms with Crippen LogP contribution < -0.4 is 0 Å². The molecule has 0 unspecified atom stereocenters. The van der Waals surface area contributed by atoms with Gasteiger partial charge in [-0.2, -0.15) is 0 Å². The summed E-state index contributed by atoms with van der Waals surface area (Å²) in [6, 6.07) is 12.5. The van der Waals surface area contributed by atoms with Crippen molar-refractivity contribution < 1.29 is 14.2 Å². The van der Waals surface area contributed by atoms with E-state index < -0.39 is 9.85 Å². The maximum atomic E-state index is 11.9. The average molecular weight is 264 g/mol. The van der Waals surface area contributed by atoms with Gasteiger partial charge < -0.3 is 0 Å². The van der Waals surface area contributed by atoms with Gasteiger partial charge in [-0.15, -0.1) is 0 Å². The summed E-state index contributed by atoms with van der Waals surface area (Å²) in [4.78, 5) is 19.0. The second-order valence-electron chi connectivity index (χ2n) is 3.33. The van der Waals surface area contributed by atoms with Crippen LogP contribution in [0.1, 0.15) is 0 Å². The largest absolute Gasteiger partial charge is 0.276 e. The molecule has 0 aliphatic carbocycles. The molecule has 0 spiro atoms. The summed E-state index contributed by atoms with van der Waals surface area (Å²) in [5, 5.41) is 20.3. The molecule has 0 amide bonds. The Morgan fingerprint density at radius 3 is 1.58 bits per heavy atom. The average Bonchev–Trinajstić information content (AvgIpc) is 2.40. The van der Waals surface area contributed by atoms with E-state index in [0.717, 1.165) is 6.07 Å². The van der Waals surface area contributed by atoms with Gasteiger partial charge in [0.25, 0.3) is 11.4 Å². The van der Waals surface area contributed by atoms with E-state index in [0.29, 0.717) is 0 Å². The lowest BCUT2D eigenvalue weighted by Crippen LogP contribution is -1.91. The van der Waals surface area contributed by atoms with Crippen molar-refractivity contribution in [3.8, 4) is 0 Å². The molecule has 0 saturated carbocycles. The van der Waals surface area contributed by atoms with Crippen LogP contribution in [0.25, 0.3) is 0 Å². The van der Waals surface area contributed by atoms with E-state index in [4.69, 9.17) is 0 Å². The molecule has 98 valence electrons. The van der Waals surface area contributed by atoms with Crippen LogP contribution in [0.5, 0.6) is 0 Å². The molecule has 0 aliphatic rings. The second-order valence-corrected chi connectivity index (χ2v) is 3.33. The number of hydrogen-bond donors (Lipinski definition) is 0. The first-order chi connectivity index (χ1) is 9.00. The lowest BCUT2D eigenvalue weighted by atomic mass is 10.3. The number of nitro groups is 2. The third kappa shape index (κ3) is 4.90. The van der Waals surface area contributed by atoms with Crippen molar-refractivity contribution in [1.29, 1.82) is 0 Å². The number of benzene rings is 2. The molecule has 2 rings (SSSR count). The minimum absolute atomic E-state index is 0.178. The van der Waals surface area contributed by atoms with Gasteiger partial charge in [-0.05, 0) is 18.2 Å². The van der Waals surface area contributed by atoms with Crippen molar-refractivity contribution in [1.82, 2.24) is 0 Å². The van der Waals surface area contributed by atoms with E-state index >= 15 is 0 Å². The molecule has 2 aromatic rings. The standard InChI is InChI=1S/C6H5F.C6H4N2O4/c7-6-4-2-1-3-5-6;9-7(10)5-2-1-3-6(4-5)8(11)12/h1-5H;1-4H. The summed E-state index contributed by atoms with van der Waals surface area (Å²) < 4.78 is 11.9. The Balaban J connectivity index is 0.000000218. The first-order valence-corrected chi connectivity index (χ1v) is 5.10. The Labute approximate surface area is 107 Å². The summed E-state index contributed by atoms with van der Waals surface area (Å²) in [5.74, 6) is -0.178. The van der Waals surface area contributed by atoms with Gasteiger partial charge in [-0.3, -0.25) is 20.2 Å². The summed E-state index contributed by atoms with van der Waals surface area (Å²) in [7, 11) is 0. The molecular weight excluding hydrogens is 255 g/mol. The zero-order valence-electron chi connectivity index (χ0n) is 9.60. The minimum Gasteiger partial charge on any atom is -0.258 e. The van der Waals surface area contributed by atoms with Crippen LogP contribution in [0.4, 0.5) is 15.8 Å². The highest BCUT2D eigenvalue weighted by Crippen LogP contribution is 2.18. The lowest BCUT2D eigenvalue weighted by molar-refractivity contribution is -0.394. The molecule has 0 aromatic heterocycles. The molecule has 0 fully saturated rings. The summed E-state index contributed by atoms with van der Waals surface area (Å²) in [6.45, 7) is 0. The Bertz CT molecular complexity index is 546. The number of nitro benzene ring substituents is 2. The van der Waals surface area contributed by atoms with Gasteiger partial charge in [-0.25, -0.2) is 4.39 Å². The monoisotopic (exact) mass is 264 g/mol. The Morgan fingerprint density at radius 1 is 0.789 bits per heavy atom. The smallest absolute Gasteiger partial charge is 0.258 e. The van der Waals surface area contributed by atoms with E-state index in [9.17, 15) is 24.6 Å². The minimum atomic E-state index is -0.674. The van der Waals surface area contributed by atoms with Crippen molar-refractivity contribution in [2.75, 3.05) is 0 Å². The number of hydrogen-bond acceptors (Lipinski definition) is 4. The molecule has 6 nitrogen and oxygen atoms in total. The highest BCUT2D eigenvalue weighted by atomic mass is 19.1. The molecule has 0 radical (unpaired) electrons. The number of rotatable bonds is 2. The van der Waals surface area contributed by atoms with Gasteiger partial charge in [-0.1, -0.05) is 18.2 Å². The highest BCUT2D eigenvalue weighted by molar-refractivity contribution is 5.42. The molecular formula is C12H9FN2O4. The van der Waals surface area contributed by atoms with Gasteiger partial charge >= 0.3 is 0 Å². The normalized spacial score (nSPS) is 9.11. The maximum Gasteiger partial charge on any atom is 0.276 e. The number of halogens is 1. The number of non-ortho nitro benzene ring substituents is 2. The van der Waals surface area contributed by atoms with Crippen LogP contribution in [0.2, 0.25) is 0 Å². The van der Waals surface area contributed by atoms with Gasteiger partial charge in [0, 0.05) is 12.1 Å². The zero-order chi connectivity index (χ0) is 14.3. The first-order valence-electron chi connectivity index (χ1n) is 5.10. The molecule has 19 heavy (non-hydrogen) atoms. The molecule has 0 atom stereocenters. The fourth-order valence-corrected chi connectivity index (χ4v) is 1.13. The lowest BCUT2D eigenvalue weighted by Gasteiger charge is -1.90. The van der Waals surface area contributed by atoms with Crippen molar-refractivity contribution in [3.63, 3.8) is 0 Å². The summed E-state index contributed by atoms with van der Waals surface area (Å²) in [6.07, 6.45) is 0. The predicted molar refractivity (Wildman–Crippen MR) is 66.2 cm³/mol. The topological polar surface area (TPSA) is 86.3 Å². The van der Waals surface area contributed by atoms with Crippen LogP contribution >= 0.6 is 0 Å². The number of nitrogens with zero attached hydrogens (tertiary/aromatic N) is 2. The summed E-state index contributed by atoms with van der Waals surface area (Å²) >= 11 is 0. The van der Waals surface area contributed by atoms with Crippen LogP contribution in [0.15, 0.2) is 54.6 Å². The molecule has 0 heterocycles. The van der Waals surface area contributed by atoms with Gasteiger partial charge in [0.1, 0.15) is 5.82 Å². The van der Waals surface area contributed by atoms with E-state index in [-0.39, 0.29) is 17.2 Å². The zero-order valence-corrected chi connectivity index (χ0v) is 9.60. The van der Waals surface area contributed by atoms with Gasteiger partial charge in [0.15, 0.2) is 0 Å².